The molecular formula is C14H15N3S. The number of pyridine rings is 1. The molecule has 2 N–H and O–H groups in total. The van der Waals surface area contributed by atoms with Gasteiger partial charge in [0, 0.05) is 24.5 Å². The molecule has 0 saturated heterocycles. The first-order chi connectivity index (χ1) is 8.68. The Morgan fingerprint density at radius 3 is 2.61 bits per heavy atom. The molecule has 0 bridgehead atoms. The van der Waals surface area contributed by atoms with Crippen LogP contribution in [0.5, 0.6) is 0 Å². The van der Waals surface area contributed by atoms with Crippen molar-refractivity contribution in [1.29, 1.82) is 0 Å². The summed E-state index contributed by atoms with van der Waals surface area (Å²) in [6.45, 7) is 0.723. The first-order valence-electron chi connectivity index (χ1n) is 5.68. The lowest BCUT2D eigenvalue weighted by Gasteiger charge is -2.21. The Morgan fingerprint density at radius 2 is 1.94 bits per heavy atom. The van der Waals surface area contributed by atoms with Gasteiger partial charge in [0.15, 0.2) is 0 Å². The second kappa shape index (κ2) is 5.60. The van der Waals surface area contributed by atoms with Gasteiger partial charge in [-0.2, -0.15) is 0 Å². The molecule has 1 aromatic carbocycles. The quantitative estimate of drug-likeness (QED) is 0.854. The van der Waals surface area contributed by atoms with Crippen LogP contribution in [0.3, 0.4) is 0 Å². The van der Waals surface area contributed by atoms with E-state index >= 15 is 0 Å². The second-order valence-electron chi connectivity index (χ2n) is 4.06. The number of nitrogens with two attached hydrogens (primary N) is 1. The average molecular weight is 257 g/mol. The van der Waals surface area contributed by atoms with Crippen LogP contribution >= 0.6 is 12.2 Å². The molecule has 0 radical (unpaired) electrons. The summed E-state index contributed by atoms with van der Waals surface area (Å²) in [5.74, 6) is 0. The predicted molar refractivity (Wildman–Crippen MR) is 78.7 cm³/mol. The Balaban J connectivity index is 2.24. The minimum atomic E-state index is 0.415. The van der Waals surface area contributed by atoms with Crippen LogP contribution < -0.4 is 10.6 Å². The fourth-order valence-corrected chi connectivity index (χ4v) is 2.01. The minimum Gasteiger partial charge on any atom is -0.389 e. The largest absolute Gasteiger partial charge is 0.389 e. The van der Waals surface area contributed by atoms with Gasteiger partial charge in [-0.15, -0.1) is 0 Å². The van der Waals surface area contributed by atoms with E-state index in [1.54, 1.807) is 6.20 Å². The van der Waals surface area contributed by atoms with Crippen LogP contribution in [0.1, 0.15) is 11.3 Å². The fourth-order valence-electron chi connectivity index (χ4n) is 1.83. The maximum absolute atomic E-state index is 5.73. The summed E-state index contributed by atoms with van der Waals surface area (Å²) >= 11 is 5.07. The summed E-state index contributed by atoms with van der Waals surface area (Å²) in [4.78, 5) is 6.82. The molecule has 0 aliphatic heterocycles. The zero-order chi connectivity index (χ0) is 13.0. The number of aromatic nitrogens is 1. The van der Waals surface area contributed by atoms with Crippen molar-refractivity contribution in [2.75, 3.05) is 11.9 Å². The normalized spacial score (nSPS) is 10.1. The monoisotopic (exact) mass is 257 g/mol. The first kappa shape index (κ1) is 12.5. The maximum Gasteiger partial charge on any atom is 0.106 e. The van der Waals surface area contributed by atoms with E-state index in [-0.39, 0.29) is 0 Å². The highest BCUT2D eigenvalue weighted by atomic mass is 32.1. The predicted octanol–water partition coefficient (Wildman–Crippen LogP) is 2.35. The third-order valence-corrected chi connectivity index (χ3v) is 2.93. The summed E-state index contributed by atoms with van der Waals surface area (Å²) in [6.07, 6.45) is 1.79. The molecule has 1 heterocycles. The third-order valence-electron chi connectivity index (χ3n) is 2.71. The standard InChI is InChI=1S/C14H15N3S/c1-17(10-11-6-4-5-9-16-11)13-8-3-2-7-12(13)14(15)18/h2-9H,10H2,1H3,(H2,15,18). The van der Waals surface area contributed by atoms with Crippen molar-refractivity contribution in [1.82, 2.24) is 4.98 Å². The van der Waals surface area contributed by atoms with Gasteiger partial charge < -0.3 is 10.6 Å². The summed E-state index contributed by atoms with van der Waals surface area (Å²) in [5.41, 5.74) is 8.66. The molecule has 2 rings (SSSR count). The molecule has 0 saturated carbocycles. The molecule has 4 heteroatoms. The Kier molecular flexibility index (Phi) is 3.89. The van der Waals surface area contributed by atoms with Crippen molar-refractivity contribution in [3.63, 3.8) is 0 Å². The van der Waals surface area contributed by atoms with Gasteiger partial charge in [0.05, 0.1) is 12.2 Å². The second-order valence-corrected chi connectivity index (χ2v) is 4.50. The van der Waals surface area contributed by atoms with Crippen molar-refractivity contribution in [2.45, 2.75) is 6.54 Å². The van der Waals surface area contributed by atoms with E-state index < -0.39 is 0 Å². The molecule has 3 nitrogen and oxygen atoms in total. The Hall–Kier alpha value is -1.94. The van der Waals surface area contributed by atoms with E-state index in [1.165, 1.54) is 0 Å². The molecule has 0 atom stereocenters. The SMILES string of the molecule is CN(Cc1ccccn1)c1ccccc1C(N)=S. The van der Waals surface area contributed by atoms with Gasteiger partial charge in [0.2, 0.25) is 0 Å². The zero-order valence-corrected chi connectivity index (χ0v) is 11.0. The van der Waals surface area contributed by atoms with Crippen LogP contribution in [0.15, 0.2) is 48.7 Å². The van der Waals surface area contributed by atoms with E-state index in [1.807, 2.05) is 49.5 Å². The third kappa shape index (κ3) is 2.84. The molecule has 1 aromatic heterocycles. The number of nitrogens with zero attached hydrogens (tertiary/aromatic N) is 2. The minimum absolute atomic E-state index is 0.415. The highest BCUT2D eigenvalue weighted by molar-refractivity contribution is 7.80. The Morgan fingerprint density at radius 1 is 1.22 bits per heavy atom. The molecule has 0 amide bonds. The van der Waals surface area contributed by atoms with Crippen molar-refractivity contribution in [2.24, 2.45) is 5.73 Å². The molecular weight excluding hydrogens is 242 g/mol. The highest BCUT2D eigenvalue weighted by Gasteiger charge is 2.09. The Bertz CT molecular complexity index is 540. The lowest BCUT2D eigenvalue weighted by atomic mass is 10.1. The van der Waals surface area contributed by atoms with Crippen molar-refractivity contribution < 1.29 is 0 Å². The van der Waals surface area contributed by atoms with Gasteiger partial charge in [-0.05, 0) is 24.3 Å². The van der Waals surface area contributed by atoms with Gasteiger partial charge in [-0.25, -0.2) is 0 Å². The fraction of sp³-hybridized carbons (Fsp3) is 0.143. The number of hydrogen-bond donors (Lipinski definition) is 1. The molecule has 0 aliphatic rings. The van der Waals surface area contributed by atoms with Crippen LogP contribution in [0.4, 0.5) is 5.69 Å². The van der Waals surface area contributed by atoms with Crippen LogP contribution in [0.2, 0.25) is 0 Å². The van der Waals surface area contributed by atoms with E-state index in [0.717, 1.165) is 23.5 Å². The van der Waals surface area contributed by atoms with Crippen molar-refractivity contribution in [3.05, 3.63) is 59.9 Å². The van der Waals surface area contributed by atoms with Gasteiger partial charge in [0.25, 0.3) is 0 Å². The maximum atomic E-state index is 5.73. The summed E-state index contributed by atoms with van der Waals surface area (Å²) in [6, 6.07) is 13.8. The van der Waals surface area contributed by atoms with Crippen molar-refractivity contribution >= 4 is 22.9 Å². The Labute approximate surface area is 112 Å². The van der Waals surface area contributed by atoms with E-state index in [0.29, 0.717) is 4.99 Å². The van der Waals surface area contributed by atoms with Crippen molar-refractivity contribution in [3.8, 4) is 0 Å². The summed E-state index contributed by atoms with van der Waals surface area (Å²) in [5, 5.41) is 0. The van der Waals surface area contributed by atoms with Gasteiger partial charge in [0.1, 0.15) is 4.99 Å². The number of benzene rings is 1. The van der Waals surface area contributed by atoms with Crippen LogP contribution in [-0.2, 0) is 6.54 Å². The molecule has 18 heavy (non-hydrogen) atoms. The molecule has 2 aromatic rings. The smallest absolute Gasteiger partial charge is 0.106 e. The first-order valence-corrected chi connectivity index (χ1v) is 6.09. The van der Waals surface area contributed by atoms with Gasteiger partial charge in [-0.3, -0.25) is 4.98 Å². The summed E-state index contributed by atoms with van der Waals surface area (Å²) in [7, 11) is 2.01. The van der Waals surface area contributed by atoms with Gasteiger partial charge >= 0.3 is 0 Å². The molecule has 0 unspecified atom stereocenters. The van der Waals surface area contributed by atoms with Crippen LogP contribution in [0, 0.1) is 0 Å². The topological polar surface area (TPSA) is 42.2 Å². The van der Waals surface area contributed by atoms with E-state index in [4.69, 9.17) is 18.0 Å². The van der Waals surface area contributed by atoms with Crippen LogP contribution in [-0.4, -0.2) is 17.0 Å². The highest BCUT2D eigenvalue weighted by Crippen LogP contribution is 2.20. The number of para-hydroxylation sites is 1. The van der Waals surface area contributed by atoms with Gasteiger partial charge in [-0.1, -0.05) is 30.4 Å². The molecule has 92 valence electrons. The molecule has 0 spiro atoms. The van der Waals surface area contributed by atoms with E-state index in [2.05, 4.69) is 9.88 Å². The lowest BCUT2D eigenvalue weighted by molar-refractivity contribution is 0.884. The number of thiocarbonyl (C=S) groups is 1. The number of anilines is 1. The average Bonchev–Trinajstić information content (AvgIpc) is 2.40. The van der Waals surface area contributed by atoms with E-state index in [9.17, 15) is 0 Å². The number of rotatable bonds is 4. The van der Waals surface area contributed by atoms with Crippen LogP contribution in [0.25, 0.3) is 0 Å². The number of hydrogen-bond acceptors (Lipinski definition) is 3. The lowest BCUT2D eigenvalue weighted by Crippen LogP contribution is -2.21. The molecule has 0 aliphatic carbocycles. The summed E-state index contributed by atoms with van der Waals surface area (Å²) < 4.78 is 0. The zero-order valence-electron chi connectivity index (χ0n) is 10.2. The molecule has 0 fully saturated rings.